The van der Waals surface area contributed by atoms with Gasteiger partial charge in [0.15, 0.2) is 5.13 Å². The molecule has 0 saturated heterocycles. The fourth-order valence-electron chi connectivity index (χ4n) is 2.19. The molecule has 20 heavy (non-hydrogen) atoms. The SMILES string of the molecule is CC(C)C(NC(=O)Nc1nc2c(s1)CCCC2)C(=O)O. The Kier molecular flexibility index (Phi) is 4.59. The molecule has 1 aromatic heterocycles. The van der Waals surface area contributed by atoms with E-state index in [0.717, 1.165) is 31.4 Å². The van der Waals surface area contributed by atoms with E-state index in [9.17, 15) is 9.59 Å². The average Bonchev–Trinajstić information content (AvgIpc) is 2.77. The number of urea groups is 1. The molecule has 0 aromatic carbocycles. The van der Waals surface area contributed by atoms with Crippen molar-refractivity contribution in [3.63, 3.8) is 0 Å². The second-order valence-corrected chi connectivity index (χ2v) is 6.34. The van der Waals surface area contributed by atoms with Gasteiger partial charge in [-0.2, -0.15) is 0 Å². The summed E-state index contributed by atoms with van der Waals surface area (Å²) in [5.74, 6) is -1.21. The zero-order valence-electron chi connectivity index (χ0n) is 11.6. The molecule has 1 atom stereocenters. The molecule has 2 rings (SSSR count). The van der Waals surface area contributed by atoms with Crippen molar-refractivity contribution in [1.29, 1.82) is 0 Å². The molecule has 0 aliphatic heterocycles. The molecule has 6 nitrogen and oxygen atoms in total. The van der Waals surface area contributed by atoms with Gasteiger partial charge in [0.25, 0.3) is 0 Å². The van der Waals surface area contributed by atoms with Crippen molar-refractivity contribution in [2.75, 3.05) is 5.32 Å². The topological polar surface area (TPSA) is 91.3 Å². The van der Waals surface area contributed by atoms with E-state index in [-0.39, 0.29) is 5.92 Å². The zero-order valence-corrected chi connectivity index (χ0v) is 12.4. The van der Waals surface area contributed by atoms with Crippen LogP contribution in [-0.4, -0.2) is 28.1 Å². The molecule has 110 valence electrons. The molecule has 1 aliphatic carbocycles. The lowest BCUT2D eigenvalue weighted by molar-refractivity contribution is -0.140. The summed E-state index contributed by atoms with van der Waals surface area (Å²) in [6.07, 6.45) is 4.27. The predicted molar refractivity (Wildman–Crippen MR) is 77.2 cm³/mol. The van der Waals surface area contributed by atoms with Gasteiger partial charge in [-0.05, 0) is 31.6 Å². The van der Waals surface area contributed by atoms with Gasteiger partial charge >= 0.3 is 12.0 Å². The minimum Gasteiger partial charge on any atom is -0.480 e. The van der Waals surface area contributed by atoms with Gasteiger partial charge in [0, 0.05) is 4.88 Å². The molecular weight excluding hydrogens is 278 g/mol. The van der Waals surface area contributed by atoms with Crippen LogP contribution < -0.4 is 10.6 Å². The number of carbonyl (C=O) groups is 2. The molecule has 0 saturated carbocycles. The van der Waals surface area contributed by atoms with E-state index in [1.165, 1.54) is 16.2 Å². The van der Waals surface area contributed by atoms with Gasteiger partial charge in [-0.1, -0.05) is 13.8 Å². The Balaban J connectivity index is 1.97. The van der Waals surface area contributed by atoms with Crippen LogP contribution in [0, 0.1) is 5.92 Å². The molecule has 0 bridgehead atoms. The fraction of sp³-hybridized carbons (Fsp3) is 0.615. The minimum absolute atomic E-state index is 0.178. The van der Waals surface area contributed by atoms with E-state index >= 15 is 0 Å². The first-order chi connectivity index (χ1) is 9.47. The number of carbonyl (C=O) groups excluding carboxylic acids is 1. The van der Waals surface area contributed by atoms with Crippen LogP contribution in [0.5, 0.6) is 0 Å². The first kappa shape index (κ1) is 14.8. The number of nitrogens with zero attached hydrogens (tertiary/aromatic N) is 1. The normalized spacial score (nSPS) is 15.6. The lowest BCUT2D eigenvalue weighted by Crippen LogP contribution is -2.46. The summed E-state index contributed by atoms with van der Waals surface area (Å²) in [7, 11) is 0. The third-order valence-corrected chi connectivity index (χ3v) is 4.36. The summed E-state index contributed by atoms with van der Waals surface area (Å²) in [5, 5.41) is 14.7. The van der Waals surface area contributed by atoms with Gasteiger partial charge in [0.2, 0.25) is 0 Å². The summed E-state index contributed by atoms with van der Waals surface area (Å²) in [5.41, 5.74) is 1.06. The number of hydrogen-bond acceptors (Lipinski definition) is 4. The van der Waals surface area contributed by atoms with Crippen LogP contribution in [0.1, 0.15) is 37.3 Å². The number of aromatic nitrogens is 1. The van der Waals surface area contributed by atoms with E-state index in [1.54, 1.807) is 13.8 Å². The van der Waals surface area contributed by atoms with Crippen molar-refractivity contribution in [3.05, 3.63) is 10.6 Å². The first-order valence-corrected chi connectivity index (χ1v) is 7.58. The molecule has 2 amide bonds. The van der Waals surface area contributed by atoms with Crippen molar-refractivity contribution in [3.8, 4) is 0 Å². The monoisotopic (exact) mass is 297 g/mol. The maximum absolute atomic E-state index is 11.8. The largest absolute Gasteiger partial charge is 0.480 e. The quantitative estimate of drug-likeness (QED) is 0.795. The second-order valence-electron chi connectivity index (χ2n) is 5.25. The number of aliphatic carboxylic acids is 1. The Morgan fingerprint density at radius 3 is 2.60 bits per heavy atom. The molecule has 1 aromatic rings. The highest BCUT2D eigenvalue weighted by atomic mass is 32.1. The molecule has 0 spiro atoms. The summed E-state index contributed by atoms with van der Waals surface area (Å²) < 4.78 is 0. The summed E-state index contributed by atoms with van der Waals surface area (Å²) in [6.45, 7) is 3.50. The zero-order chi connectivity index (χ0) is 14.7. The van der Waals surface area contributed by atoms with Crippen LogP contribution in [0.3, 0.4) is 0 Å². The fourth-order valence-corrected chi connectivity index (χ4v) is 3.24. The number of thiazole rings is 1. The molecule has 1 heterocycles. The van der Waals surface area contributed by atoms with Gasteiger partial charge in [-0.3, -0.25) is 5.32 Å². The lowest BCUT2D eigenvalue weighted by Gasteiger charge is -2.17. The highest BCUT2D eigenvalue weighted by molar-refractivity contribution is 7.15. The molecular formula is C13H19N3O3S. The van der Waals surface area contributed by atoms with Gasteiger partial charge in [-0.25, -0.2) is 14.6 Å². The third-order valence-electron chi connectivity index (χ3n) is 3.29. The van der Waals surface area contributed by atoms with Crippen LogP contribution in [-0.2, 0) is 17.6 Å². The smallest absolute Gasteiger partial charge is 0.326 e. The predicted octanol–water partition coefficient (Wildman–Crippen LogP) is 2.25. The molecule has 1 unspecified atom stereocenters. The van der Waals surface area contributed by atoms with Crippen LogP contribution in [0.15, 0.2) is 0 Å². The number of carboxylic acid groups (broad SMARTS) is 1. The number of carboxylic acids is 1. The van der Waals surface area contributed by atoms with E-state index in [2.05, 4.69) is 15.6 Å². The Morgan fingerprint density at radius 2 is 2.00 bits per heavy atom. The Hall–Kier alpha value is -1.63. The van der Waals surface area contributed by atoms with E-state index in [4.69, 9.17) is 5.11 Å². The first-order valence-electron chi connectivity index (χ1n) is 6.76. The van der Waals surface area contributed by atoms with Gasteiger partial charge < -0.3 is 10.4 Å². The Morgan fingerprint density at radius 1 is 1.30 bits per heavy atom. The van der Waals surface area contributed by atoms with Crippen LogP contribution in [0.4, 0.5) is 9.93 Å². The van der Waals surface area contributed by atoms with Gasteiger partial charge in [0.1, 0.15) is 6.04 Å². The number of rotatable bonds is 4. The highest BCUT2D eigenvalue weighted by Gasteiger charge is 2.24. The van der Waals surface area contributed by atoms with Crippen LogP contribution in [0.2, 0.25) is 0 Å². The number of hydrogen-bond donors (Lipinski definition) is 3. The van der Waals surface area contributed by atoms with E-state index in [1.807, 2.05) is 0 Å². The number of amides is 2. The maximum atomic E-state index is 11.8. The van der Waals surface area contributed by atoms with E-state index in [0.29, 0.717) is 5.13 Å². The number of nitrogens with one attached hydrogen (secondary N) is 2. The molecule has 1 aliphatic rings. The van der Waals surface area contributed by atoms with Crippen LogP contribution >= 0.6 is 11.3 Å². The number of anilines is 1. The molecule has 3 N–H and O–H groups in total. The second kappa shape index (κ2) is 6.21. The third kappa shape index (κ3) is 3.47. The van der Waals surface area contributed by atoms with Crippen molar-refractivity contribution >= 4 is 28.5 Å². The number of aryl methyl sites for hydroxylation is 2. The van der Waals surface area contributed by atoms with Crippen molar-refractivity contribution in [1.82, 2.24) is 10.3 Å². The molecule has 7 heteroatoms. The average molecular weight is 297 g/mol. The van der Waals surface area contributed by atoms with Gasteiger partial charge in [-0.15, -0.1) is 11.3 Å². The standard InChI is InChI=1S/C13H19N3O3S/c1-7(2)10(11(17)18)15-12(19)16-13-14-8-5-3-4-6-9(8)20-13/h7,10H,3-6H2,1-2H3,(H,17,18)(H2,14,15,16,19). The highest BCUT2D eigenvalue weighted by Crippen LogP contribution is 2.29. The number of fused-ring (bicyclic) bond motifs is 1. The Labute approximate surface area is 121 Å². The van der Waals surface area contributed by atoms with Crippen molar-refractivity contribution in [2.24, 2.45) is 5.92 Å². The molecule has 0 fully saturated rings. The minimum atomic E-state index is -1.03. The Bertz CT molecular complexity index is 489. The summed E-state index contributed by atoms with van der Waals surface area (Å²) >= 11 is 1.48. The molecule has 0 radical (unpaired) electrons. The van der Waals surface area contributed by atoms with E-state index < -0.39 is 18.0 Å². The summed E-state index contributed by atoms with van der Waals surface area (Å²) in [6, 6.07) is -1.42. The van der Waals surface area contributed by atoms with Crippen LogP contribution in [0.25, 0.3) is 0 Å². The lowest BCUT2D eigenvalue weighted by atomic mass is 10.0. The summed E-state index contributed by atoms with van der Waals surface area (Å²) in [4.78, 5) is 28.5. The van der Waals surface area contributed by atoms with Gasteiger partial charge in [0.05, 0.1) is 5.69 Å². The van der Waals surface area contributed by atoms with Crippen molar-refractivity contribution < 1.29 is 14.7 Å². The van der Waals surface area contributed by atoms with Crippen molar-refractivity contribution in [2.45, 2.75) is 45.6 Å². The maximum Gasteiger partial charge on any atom is 0.326 e.